The summed E-state index contributed by atoms with van der Waals surface area (Å²) >= 11 is 11.7. The highest BCUT2D eigenvalue weighted by molar-refractivity contribution is 7.89. The maximum absolute atomic E-state index is 14.2. The Balaban J connectivity index is 1.88. The quantitative estimate of drug-likeness (QED) is 0.802. The molecule has 144 valence electrons. The molecule has 0 atom stereocenters. The summed E-state index contributed by atoms with van der Waals surface area (Å²) in [5.74, 6) is -1.64. The van der Waals surface area contributed by atoms with Crippen molar-refractivity contribution in [3.05, 3.63) is 57.8 Å². The Kier molecular flexibility index (Phi) is 6.02. The minimum absolute atomic E-state index is 0.162. The molecule has 10 heteroatoms. The van der Waals surface area contributed by atoms with E-state index in [1.807, 2.05) is 0 Å². The Labute approximate surface area is 165 Å². The number of hydrogen-bond donors (Lipinski definition) is 1. The first-order valence-electron chi connectivity index (χ1n) is 7.93. The SMILES string of the molecule is O=C(Nc1ccc(Cl)c(Cl)c1)c1cc(S(=O)(=O)N2CCOCC2)ccc1F. The summed E-state index contributed by atoms with van der Waals surface area (Å²) in [6.45, 7) is 0.964. The number of rotatable bonds is 4. The second-order valence-electron chi connectivity index (χ2n) is 5.74. The van der Waals surface area contributed by atoms with Gasteiger partial charge in [0.25, 0.3) is 5.91 Å². The molecule has 0 spiro atoms. The van der Waals surface area contributed by atoms with Gasteiger partial charge in [0.2, 0.25) is 10.0 Å². The molecule has 2 aromatic carbocycles. The molecular weight excluding hydrogens is 418 g/mol. The molecule has 1 fully saturated rings. The van der Waals surface area contributed by atoms with Crippen LogP contribution in [0.25, 0.3) is 0 Å². The lowest BCUT2D eigenvalue weighted by Gasteiger charge is -2.26. The fraction of sp³-hybridized carbons (Fsp3) is 0.235. The number of anilines is 1. The molecule has 0 radical (unpaired) electrons. The number of sulfonamides is 1. The molecule has 0 bridgehead atoms. The van der Waals surface area contributed by atoms with Crippen molar-refractivity contribution in [2.24, 2.45) is 0 Å². The first-order chi connectivity index (χ1) is 12.8. The van der Waals surface area contributed by atoms with Gasteiger partial charge in [0, 0.05) is 18.8 Å². The number of nitrogens with one attached hydrogen (secondary N) is 1. The number of carbonyl (C=O) groups is 1. The van der Waals surface area contributed by atoms with Crippen LogP contribution < -0.4 is 5.32 Å². The number of carbonyl (C=O) groups excluding carboxylic acids is 1. The highest BCUT2D eigenvalue weighted by Gasteiger charge is 2.28. The average molecular weight is 433 g/mol. The molecule has 0 aromatic heterocycles. The van der Waals surface area contributed by atoms with Crippen LogP contribution in [0.4, 0.5) is 10.1 Å². The van der Waals surface area contributed by atoms with E-state index in [-0.39, 0.29) is 36.2 Å². The highest BCUT2D eigenvalue weighted by Crippen LogP contribution is 2.26. The van der Waals surface area contributed by atoms with Crippen molar-refractivity contribution < 1.29 is 22.3 Å². The first-order valence-corrected chi connectivity index (χ1v) is 10.1. The molecule has 27 heavy (non-hydrogen) atoms. The number of benzene rings is 2. The van der Waals surface area contributed by atoms with E-state index < -0.39 is 27.3 Å². The van der Waals surface area contributed by atoms with Gasteiger partial charge in [0.05, 0.1) is 33.7 Å². The van der Waals surface area contributed by atoms with Crippen LogP contribution in [-0.4, -0.2) is 44.9 Å². The first kappa shape index (κ1) is 20.0. The second kappa shape index (κ2) is 8.12. The Hall–Kier alpha value is -1.71. The van der Waals surface area contributed by atoms with Gasteiger partial charge in [-0.1, -0.05) is 23.2 Å². The van der Waals surface area contributed by atoms with Gasteiger partial charge in [0.1, 0.15) is 5.82 Å². The van der Waals surface area contributed by atoms with Gasteiger partial charge in [-0.15, -0.1) is 0 Å². The van der Waals surface area contributed by atoms with Crippen molar-refractivity contribution in [3.8, 4) is 0 Å². The largest absolute Gasteiger partial charge is 0.379 e. The van der Waals surface area contributed by atoms with Gasteiger partial charge in [-0.25, -0.2) is 12.8 Å². The minimum Gasteiger partial charge on any atom is -0.379 e. The zero-order valence-corrected chi connectivity index (χ0v) is 16.2. The monoisotopic (exact) mass is 432 g/mol. The maximum Gasteiger partial charge on any atom is 0.258 e. The van der Waals surface area contributed by atoms with Crippen molar-refractivity contribution in [3.63, 3.8) is 0 Å². The van der Waals surface area contributed by atoms with Crippen LogP contribution in [0.15, 0.2) is 41.3 Å². The molecule has 1 aliphatic rings. The van der Waals surface area contributed by atoms with E-state index in [1.54, 1.807) is 0 Å². The molecular formula is C17H15Cl2FN2O4S. The topological polar surface area (TPSA) is 75.7 Å². The normalized spacial score (nSPS) is 15.5. The fourth-order valence-electron chi connectivity index (χ4n) is 2.55. The molecule has 1 N–H and O–H groups in total. The van der Waals surface area contributed by atoms with Crippen molar-refractivity contribution in [1.29, 1.82) is 0 Å². The smallest absolute Gasteiger partial charge is 0.258 e. The number of morpholine rings is 1. The van der Waals surface area contributed by atoms with Crippen LogP contribution in [0, 0.1) is 5.82 Å². The zero-order valence-electron chi connectivity index (χ0n) is 13.9. The summed E-state index contributed by atoms with van der Waals surface area (Å²) in [6.07, 6.45) is 0. The van der Waals surface area contributed by atoms with Gasteiger partial charge in [-0.05, 0) is 36.4 Å². The molecule has 1 aliphatic heterocycles. The van der Waals surface area contributed by atoms with Crippen molar-refractivity contribution in [2.75, 3.05) is 31.6 Å². The fourth-order valence-corrected chi connectivity index (χ4v) is 4.28. The summed E-state index contributed by atoms with van der Waals surface area (Å²) in [4.78, 5) is 12.3. The van der Waals surface area contributed by atoms with Crippen LogP contribution in [0.1, 0.15) is 10.4 Å². The van der Waals surface area contributed by atoms with E-state index in [4.69, 9.17) is 27.9 Å². The number of nitrogens with zero attached hydrogens (tertiary/aromatic N) is 1. The second-order valence-corrected chi connectivity index (χ2v) is 8.49. The number of halogens is 3. The van der Waals surface area contributed by atoms with Crippen LogP contribution in [-0.2, 0) is 14.8 Å². The van der Waals surface area contributed by atoms with Crippen molar-refractivity contribution in [1.82, 2.24) is 4.31 Å². The van der Waals surface area contributed by atoms with Gasteiger partial charge < -0.3 is 10.1 Å². The molecule has 0 saturated carbocycles. The summed E-state index contributed by atoms with van der Waals surface area (Å²) in [5, 5.41) is 3.00. The van der Waals surface area contributed by atoms with Crippen molar-refractivity contribution >= 4 is 44.8 Å². The third-order valence-electron chi connectivity index (χ3n) is 3.97. The summed E-state index contributed by atoms with van der Waals surface area (Å²) in [5.41, 5.74) is -0.0920. The zero-order chi connectivity index (χ0) is 19.6. The van der Waals surface area contributed by atoms with E-state index in [2.05, 4.69) is 5.32 Å². The Bertz CT molecular complexity index is 979. The standard InChI is InChI=1S/C17H15Cl2FN2O4S/c18-14-3-1-11(9-15(14)19)21-17(23)13-10-12(2-4-16(13)20)27(24,25)22-5-7-26-8-6-22/h1-4,9-10H,5-8H2,(H,21,23). The van der Waals surface area contributed by atoms with E-state index in [0.29, 0.717) is 10.7 Å². The van der Waals surface area contributed by atoms with Crippen LogP contribution in [0.3, 0.4) is 0 Å². The van der Waals surface area contributed by atoms with Crippen molar-refractivity contribution in [2.45, 2.75) is 4.90 Å². The number of amides is 1. The lowest BCUT2D eigenvalue weighted by atomic mass is 10.2. The Morgan fingerprint density at radius 3 is 2.44 bits per heavy atom. The van der Waals surface area contributed by atoms with E-state index >= 15 is 0 Å². The number of ether oxygens (including phenoxy) is 1. The van der Waals surface area contributed by atoms with Gasteiger partial charge in [-0.2, -0.15) is 4.31 Å². The third-order valence-corrected chi connectivity index (χ3v) is 6.60. The van der Waals surface area contributed by atoms with Crippen LogP contribution in [0.2, 0.25) is 10.0 Å². The van der Waals surface area contributed by atoms with E-state index in [9.17, 15) is 17.6 Å². The average Bonchev–Trinajstić information content (AvgIpc) is 2.65. The van der Waals surface area contributed by atoms with Gasteiger partial charge in [0.15, 0.2) is 0 Å². The molecule has 1 amide bonds. The minimum atomic E-state index is -3.85. The molecule has 3 rings (SSSR count). The summed E-state index contributed by atoms with van der Waals surface area (Å²) in [6, 6.07) is 7.50. The molecule has 0 unspecified atom stereocenters. The highest BCUT2D eigenvalue weighted by atomic mass is 35.5. The van der Waals surface area contributed by atoms with Crippen LogP contribution >= 0.6 is 23.2 Å². The summed E-state index contributed by atoms with van der Waals surface area (Å²) in [7, 11) is -3.85. The summed E-state index contributed by atoms with van der Waals surface area (Å²) < 4.78 is 45.9. The van der Waals surface area contributed by atoms with Gasteiger partial charge in [-0.3, -0.25) is 4.79 Å². The lowest BCUT2D eigenvalue weighted by Crippen LogP contribution is -2.40. The number of hydrogen-bond acceptors (Lipinski definition) is 4. The lowest BCUT2D eigenvalue weighted by molar-refractivity contribution is 0.0730. The molecule has 1 saturated heterocycles. The van der Waals surface area contributed by atoms with E-state index in [0.717, 1.165) is 18.2 Å². The molecule has 2 aromatic rings. The Morgan fingerprint density at radius 2 is 1.78 bits per heavy atom. The molecule has 1 heterocycles. The van der Waals surface area contributed by atoms with E-state index in [1.165, 1.54) is 22.5 Å². The molecule has 6 nitrogen and oxygen atoms in total. The Morgan fingerprint density at radius 1 is 1.07 bits per heavy atom. The van der Waals surface area contributed by atoms with Crippen LogP contribution in [0.5, 0.6) is 0 Å². The molecule has 0 aliphatic carbocycles. The predicted molar refractivity (Wildman–Crippen MR) is 100 cm³/mol. The predicted octanol–water partition coefficient (Wildman–Crippen LogP) is 3.41. The van der Waals surface area contributed by atoms with Gasteiger partial charge >= 0.3 is 0 Å². The maximum atomic E-state index is 14.2. The third kappa shape index (κ3) is 4.41.